The van der Waals surface area contributed by atoms with Gasteiger partial charge in [-0.3, -0.25) is 9.59 Å². The Balaban J connectivity index is 1.33. The number of anilines is 2. The van der Waals surface area contributed by atoms with Crippen LogP contribution in [0.5, 0.6) is 0 Å². The molecule has 5 rings (SSSR count). The minimum Gasteiger partial charge on any atom is -0.465 e. The highest BCUT2D eigenvalue weighted by atomic mass is 16.5. The van der Waals surface area contributed by atoms with E-state index in [2.05, 4.69) is 52.3 Å². The van der Waals surface area contributed by atoms with E-state index in [9.17, 15) is 9.59 Å². The molecule has 0 aromatic heterocycles. The molecule has 0 aliphatic carbocycles. The van der Waals surface area contributed by atoms with Gasteiger partial charge in [-0.2, -0.15) is 0 Å². The Bertz CT molecular complexity index is 1220. The predicted molar refractivity (Wildman–Crippen MR) is 160 cm³/mol. The van der Waals surface area contributed by atoms with E-state index in [0.29, 0.717) is 31.2 Å². The van der Waals surface area contributed by atoms with Crippen LogP contribution in [0.1, 0.15) is 83.5 Å². The minimum atomic E-state index is -0.486. The molecule has 6 heteroatoms. The number of fused-ring (bicyclic) bond motifs is 6. The summed E-state index contributed by atoms with van der Waals surface area (Å²) in [6, 6.07) is 16.5. The third-order valence-corrected chi connectivity index (χ3v) is 8.72. The van der Waals surface area contributed by atoms with E-state index in [1.807, 2.05) is 41.5 Å². The fourth-order valence-corrected chi connectivity index (χ4v) is 6.63. The van der Waals surface area contributed by atoms with Crippen LogP contribution in [0.15, 0.2) is 42.5 Å². The maximum absolute atomic E-state index is 12.4. The van der Waals surface area contributed by atoms with E-state index in [4.69, 9.17) is 9.47 Å². The molecular weight excluding hydrogens is 500 g/mol. The van der Waals surface area contributed by atoms with Gasteiger partial charge in [0.15, 0.2) is 0 Å². The van der Waals surface area contributed by atoms with Gasteiger partial charge in [-0.15, -0.1) is 0 Å². The van der Waals surface area contributed by atoms with Crippen molar-refractivity contribution in [1.29, 1.82) is 0 Å². The maximum Gasteiger partial charge on any atom is 0.311 e. The molecule has 2 aromatic carbocycles. The maximum atomic E-state index is 12.4. The summed E-state index contributed by atoms with van der Waals surface area (Å²) in [7, 11) is 0. The molecule has 0 amide bonds. The second-order valence-electron chi connectivity index (χ2n) is 13.8. The highest BCUT2D eigenvalue weighted by Gasteiger charge is 2.49. The number of hydrogen-bond acceptors (Lipinski definition) is 6. The summed E-state index contributed by atoms with van der Waals surface area (Å²) in [4.78, 5) is 29.7. The summed E-state index contributed by atoms with van der Waals surface area (Å²) in [5.41, 5.74) is 5.56. The van der Waals surface area contributed by atoms with Gasteiger partial charge in [-0.1, -0.05) is 30.3 Å². The Morgan fingerprint density at radius 3 is 2.10 bits per heavy atom. The number of esters is 2. The smallest absolute Gasteiger partial charge is 0.311 e. The largest absolute Gasteiger partial charge is 0.465 e. The van der Waals surface area contributed by atoms with Gasteiger partial charge in [0.05, 0.1) is 30.1 Å². The second kappa shape index (κ2) is 11.1. The van der Waals surface area contributed by atoms with E-state index in [-0.39, 0.29) is 11.9 Å². The first-order valence-electron chi connectivity index (χ1n) is 15.0. The van der Waals surface area contributed by atoms with Crippen LogP contribution in [0.2, 0.25) is 0 Å². The fraction of sp³-hybridized carbons (Fsp3) is 0.588. The van der Waals surface area contributed by atoms with Crippen molar-refractivity contribution in [1.82, 2.24) is 0 Å². The van der Waals surface area contributed by atoms with Gasteiger partial charge in [0.25, 0.3) is 0 Å². The van der Waals surface area contributed by atoms with Gasteiger partial charge in [0.2, 0.25) is 0 Å². The summed E-state index contributed by atoms with van der Waals surface area (Å²) in [6.07, 6.45) is 5.13. The molecule has 2 saturated heterocycles. The number of carbonyl (C=O) groups excluding carboxylic acids is 2. The molecule has 0 radical (unpaired) electrons. The number of benzene rings is 2. The van der Waals surface area contributed by atoms with Crippen molar-refractivity contribution in [3.05, 3.63) is 59.2 Å². The molecule has 6 nitrogen and oxygen atoms in total. The van der Waals surface area contributed by atoms with Crippen molar-refractivity contribution in [2.75, 3.05) is 36.1 Å². The topological polar surface area (TPSA) is 59.1 Å². The zero-order valence-corrected chi connectivity index (χ0v) is 25.2. The van der Waals surface area contributed by atoms with Gasteiger partial charge < -0.3 is 19.3 Å². The van der Waals surface area contributed by atoms with Gasteiger partial charge in [-0.25, -0.2) is 0 Å². The van der Waals surface area contributed by atoms with E-state index in [0.717, 1.165) is 25.9 Å². The lowest BCUT2D eigenvalue weighted by Gasteiger charge is -2.45. The molecule has 0 unspecified atom stereocenters. The lowest BCUT2D eigenvalue weighted by atomic mass is 9.80. The van der Waals surface area contributed by atoms with Crippen molar-refractivity contribution in [2.45, 2.75) is 85.7 Å². The van der Waals surface area contributed by atoms with Crippen molar-refractivity contribution in [2.24, 2.45) is 16.7 Å². The van der Waals surface area contributed by atoms with Crippen LogP contribution in [-0.2, 0) is 31.9 Å². The molecule has 0 saturated carbocycles. The van der Waals surface area contributed by atoms with Crippen LogP contribution in [-0.4, -0.2) is 44.3 Å². The number of para-hydroxylation sites is 1. The first kappa shape index (κ1) is 28.5. The molecule has 0 bridgehead atoms. The monoisotopic (exact) mass is 546 g/mol. The number of nitrogens with zero attached hydrogens (tertiary/aromatic N) is 2. The Kier molecular flexibility index (Phi) is 7.91. The lowest BCUT2D eigenvalue weighted by molar-refractivity contribution is -0.153. The van der Waals surface area contributed by atoms with Crippen LogP contribution in [0.4, 0.5) is 11.4 Å². The normalized spacial score (nSPS) is 22.0. The molecule has 2 aromatic rings. The third kappa shape index (κ3) is 5.73. The van der Waals surface area contributed by atoms with Crippen molar-refractivity contribution >= 4 is 23.3 Å². The van der Waals surface area contributed by atoms with E-state index in [1.165, 1.54) is 47.3 Å². The second-order valence-corrected chi connectivity index (χ2v) is 13.8. The van der Waals surface area contributed by atoms with Crippen LogP contribution in [0.3, 0.4) is 0 Å². The van der Waals surface area contributed by atoms with Crippen LogP contribution >= 0.6 is 0 Å². The Morgan fingerprint density at radius 2 is 1.45 bits per heavy atom. The van der Waals surface area contributed by atoms with E-state index in [1.54, 1.807) is 0 Å². The van der Waals surface area contributed by atoms with Gasteiger partial charge in [-0.05, 0) is 89.6 Å². The van der Waals surface area contributed by atoms with Crippen molar-refractivity contribution < 1.29 is 19.1 Å². The Morgan fingerprint density at radius 1 is 0.800 bits per heavy atom. The van der Waals surface area contributed by atoms with Crippen molar-refractivity contribution in [3.8, 4) is 0 Å². The van der Waals surface area contributed by atoms with Crippen LogP contribution in [0.25, 0.3) is 0 Å². The summed E-state index contributed by atoms with van der Waals surface area (Å²) >= 11 is 0. The SMILES string of the molecule is CC(C)(C)C(=O)OCCc1ccc(N2CC[C@H]3[C@@H]4CCCN4c4c(CCOC(=O)C(C)(C)C)cccc4[C@@H]32)cc1. The summed E-state index contributed by atoms with van der Waals surface area (Å²) in [6.45, 7) is 14.3. The lowest BCUT2D eigenvalue weighted by Crippen LogP contribution is -2.44. The molecule has 216 valence electrons. The van der Waals surface area contributed by atoms with Gasteiger partial charge in [0.1, 0.15) is 0 Å². The molecule has 3 atom stereocenters. The van der Waals surface area contributed by atoms with E-state index < -0.39 is 10.8 Å². The molecule has 40 heavy (non-hydrogen) atoms. The first-order valence-corrected chi connectivity index (χ1v) is 15.0. The average Bonchev–Trinajstić information content (AvgIpc) is 3.56. The fourth-order valence-electron chi connectivity index (χ4n) is 6.63. The number of rotatable bonds is 7. The average molecular weight is 547 g/mol. The third-order valence-electron chi connectivity index (χ3n) is 8.72. The summed E-state index contributed by atoms with van der Waals surface area (Å²) in [5.74, 6) is 0.311. The molecule has 0 N–H and O–H groups in total. The molecule has 2 fully saturated rings. The molecule has 3 heterocycles. The zero-order valence-electron chi connectivity index (χ0n) is 25.2. The van der Waals surface area contributed by atoms with Gasteiger partial charge in [0, 0.05) is 49.3 Å². The highest BCUT2D eigenvalue weighted by molar-refractivity contribution is 5.76. The summed E-state index contributed by atoms with van der Waals surface area (Å²) in [5, 5.41) is 0. The van der Waals surface area contributed by atoms with Gasteiger partial charge >= 0.3 is 11.9 Å². The molecule has 0 spiro atoms. The first-order chi connectivity index (χ1) is 18.9. The number of carbonyl (C=O) groups is 2. The van der Waals surface area contributed by atoms with E-state index >= 15 is 0 Å². The molecular formula is C34H46N2O4. The number of hydrogen-bond donors (Lipinski definition) is 0. The van der Waals surface area contributed by atoms with Crippen molar-refractivity contribution in [3.63, 3.8) is 0 Å². The predicted octanol–water partition coefficient (Wildman–Crippen LogP) is 6.50. The Hall–Kier alpha value is -3.02. The number of ether oxygens (including phenoxy) is 2. The zero-order chi connectivity index (χ0) is 28.7. The van der Waals surface area contributed by atoms with Crippen LogP contribution in [0, 0.1) is 16.7 Å². The molecule has 3 aliphatic rings. The highest BCUT2D eigenvalue weighted by Crippen LogP contribution is 2.53. The summed E-state index contributed by atoms with van der Waals surface area (Å²) < 4.78 is 11.1. The van der Waals surface area contributed by atoms with Crippen LogP contribution < -0.4 is 9.80 Å². The minimum absolute atomic E-state index is 0.144. The Labute approximate surface area is 240 Å². The standard InChI is InChI=1S/C34H46N2O4/c1-33(2,3)31(37)39-21-17-23-12-14-25(15-13-23)35-20-16-26-28-11-8-19-36(28)29-24(9-7-10-27(29)30(26)35)18-22-40-32(38)34(4,5)6/h7,9-10,12-15,26,28,30H,8,11,16-22H2,1-6H3/t26-,28-,30+/m0/s1. The quantitative estimate of drug-likeness (QED) is 0.370. The molecule has 3 aliphatic heterocycles.